The molecule has 4 nitrogen and oxygen atoms in total. The molecule has 0 spiro atoms. The van der Waals surface area contributed by atoms with E-state index in [-0.39, 0.29) is 0 Å². The predicted octanol–water partition coefficient (Wildman–Crippen LogP) is 4.13. The molecule has 5 rings (SSSR count). The Morgan fingerprint density at radius 1 is 0.966 bits per heavy atom. The number of nitriles is 1. The number of anilines is 1. The summed E-state index contributed by atoms with van der Waals surface area (Å²) in [5, 5.41) is 11.5. The van der Waals surface area contributed by atoms with Crippen molar-refractivity contribution in [1.82, 2.24) is 4.90 Å². The Hall–Kier alpha value is -2.87. The van der Waals surface area contributed by atoms with Crippen LogP contribution >= 0.6 is 0 Å². The minimum absolute atomic E-state index is 0.363. The number of ether oxygens (including phenoxy) is 1. The van der Waals surface area contributed by atoms with Gasteiger partial charge in [0.25, 0.3) is 0 Å². The van der Waals surface area contributed by atoms with Gasteiger partial charge >= 0.3 is 0 Å². The zero-order valence-corrected chi connectivity index (χ0v) is 16.8. The molecule has 146 valence electrons. The van der Waals surface area contributed by atoms with Gasteiger partial charge in [-0.3, -0.25) is 0 Å². The molecule has 2 aliphatic heterocycles. The highest BCUT2D eigenvalue weighted by atomic mass is 16.5. The molecule has 3 aromatic carbocycles. The Balaban J connectivity index is 1.51. The zero-order chi connectivity index (χ0) is 19.8. The van der Waals surface area contributed by atoms with Gasteiger partial charge in [0.2, 0.25) is 0 Å². The first-order valence-corrected chi connectivity index (χ1v) is 10.3. The van der Waals surface area contributed by atoms with E-state index in [1.165, 1.54) is 27.8 Å². The normalized spacial score (nSPS) is 19.7. The van der Waals surface area contributed by atoms with Crippen LogP contribution in [0.25, 0.3) is 10.8 Å². The van der Waals surface area contributed by atoms with Gasteiger partial charge in [-0.1, -0.05) is 30.3 Å². The molecule has 1 saturated heterocycles. The van der Waals surface area contributed by atoms with Gasteiger partial charge < -0.3 is 14.5 Å². The maximum absolute atomic E-state index is 9.14. The minimum Gasteiger partial charge on any atom is -0.378 e. The summed E-state index contributed by atoms with van der Waals surface area (Å²) in [4.78, 5) is 4.84. The molecule has 0 aliphatic carbocycles. The first-order valence-electron chi connectivity index (χ1n) is 10.3. The first kappa shape index (κ1) is 18.2. The monoisotopic (exact) mass is 383 g/mol. The Labute approximate surface area is 171 Å². The molecule has 1 atom stereocenters. The third-order valence-corrected chi connectivity index (χ3v) is 6.21. The van der Waals surface area contributed by atoms with E-state index in [4.69, 9.17) is 10.00 Å². The fraction of sp³-hybridized carbons (Fsp3) is 0.320. The molecule has 2 heterocycles. The van der Waals surface area contributed by atoms with Crippen LogP contribution in [0.4, 0.5) is 5.69 Å². The van der Waals surface area contributed by atoms with Crippen LogP contribution in [0.3, 0.4) is 0 Å². The average molecular weight is 383 g/mol. The van der Waals surface area contributed by atoms with Crippen molar-refractivity contribution >= 4 is 16.5 Å². The molecule has 29 heavy (non-hydrogen) atoms. The number of benzene rings is 3. The summed E-state index contributed by atoms with van der Waals surface area (Å²) in [6, 6.07) is 21.8. The average Bonchev–Trinajstić information content (AvgIpc) is 2.78. The Bertz CT molecular complexity index is 1090. The summed E-state index contributed by atoms with van der Waals surface area (Å²) in [6.45, 7) is 5.56. The van der Waals surface area contributed by atoms with Crippen molar-refractivity contribution in [3.63, 3.8) is 0 Å². The van der Waals surface area contributed by atoms with Crippen LogP contribution in [0.2, 0.25) is 0 Å². The quantitative estimate of drug-likeness (QED) is 0.667. The van der Waals surface area contributed by atoms with Crippen molar-refractivity contribution < 1.29 is 4.74 Å². The second-order valence-electron chi connectivity index (χ2n) is 8.17. The van der Waals surface area contributed by atoms with E-state index in [0.717, 1.165) is 44.8 Å². The molecule has 0 saturated carbocycles. The lowest BCUT2D eigenvalue weighted by Crippen LogP contribution is -2.36. The van der Waals surface area contributed by atoms with E-state index >= 15 is 0 Å². The summed E-state index contributed by atoms with van der Waals surface area (Å²) in [5.74, 6) is 0.363. The highest BCUT2D eigenvalue weighted by Gasteiger charge is 2.26. The van der Waals surface area contributed by atoms with E-state index in [0.29, 0.717) is 11.5 Å². The summed E-state index contributed by atoms with van der Waals surface area (Å²) in [5.41, 5.74) is 6.22. The molecule has 4 heteroatoms. The SMILES string of the molecule is CN1Cc2cc(N3CCOCC3)ccc2C(c2ccc3cc(C#N)ccc3c2)C1. The molecule has 0 bridgehead atoms. The second-order valence-corrected chi connectivity index (χ2v) is 8.17. The highest BCUT2D eigenvalue weighted by molar-refractivity contribution is 5.84. The van der Waals surface area contributed by atoms with Crippen molar-refractivity contribution in [2.24, 2.45) is 0 Å². The smallest absolute Gasteiger partial charge is 0.0991 e. The number of likely N-dealkylation sites (N-methyl/N-ethyl adjacent to an activating group) is 1. The van der Waals surface area contributed by atoms with Crippen molar-refractivity contribution in [3.8, 4) is 6.07 Å². The maximum atomic E-state index is 9.14. The van der Waals surface area contributed by atoms with Gasteiger partial charge in [0.15, 0.2) is 0 Å². The van der Waals surface area contributed by atoms with Crippen LogP contribution < -0.4 is 4.90 Å². The molecule has 0 N–H and O–H groups in total. The maximum Gasteiger partial charge on any atom is 0.0991 e. The Kier molecular flexibility index (Phi) is 4.71. The van der Waals surface area contributed by atoms with Crippen molar-refractivity contribution in [1.29, 1.82) is 5.26 Å². The van der Waals surface area contributed by atoms with Gasteiger partial charge in [-0.15, -0.1) is 0 Å². The lowest BCUT2D eigenvalue weighted by molar-refractivity contribution is 0.122. The van der Waals surface area contributed by atoms with Crippen LogP contribution in [0.5, 0.6) is 0 Å². The third-order valence-electron chi connectivity index (χ3n) is 6.21. The summed E-state index contributed by atoms with van der Waals surface area (Å²) >= 11 is 0. The topological polar surface area (TPSA) is 39.5 Å². The van der Waals surface area contributed by atoms with Gasteiger partial charge in [-0.2, -0.15) is 5.26 Å². The van der Waals surface area contributed by atoms with Gasteiger partial charge in [0, 0.05) is 37.8 Å². The van der Waals surface area contributed by atoms with Crippen LogP contribution in [-0.4, -0.2) is 44.8 Å². The summed E-state index contributed by atoms with van der Waals surface area (Å²) in [7, 11) is 2.21. The number of rotatable bonds is 2. The van der Waals surface area contributed by atoms with Crippen LogP contribution in [-0.2, 0) is 11.3 Å². The minimum atomic E-state index is 0.363. The molecular formula is C25H25N3O. The van der Waals surface area contributed by atoms with Gasteiger partial charge in [-0.25, -0.2) is 0 Å². The van der Waals surface area contributed by atoms with Crippen LogP contribution in [0.15, 0.2) is 54.6 Å². The van der Waals surface area contributed by atoms with Gasteiger partial charge in [0.1, 0.15) is 0 Å². The fourth-order valence-corrected chi connectivity index (χ4v) is 4.69. The number of fused-ring (bicyclic) bond motifs is 2. The molecule has 0 amide bonds. The lowest BCUT2D eigenvalue weighted by atomic mass is 9.83. The van der Waals surface area contributed by atoms with Crippen LogP contribution in [0.1, 0.15) is 28.2 Å². The number of hydrogen-bond acceptors (Lipinski definition) is 4. The fourth-order valence-electron chi connectivity index (χ4n) is 4.69. The van der Waals surface area contributed by atoms with E-state index in [1.54, 1.807) is 0 Å². The summed E-state index contributed by atoms with van der Waals surface area (Å²) in [6.07, 6.45) is 0. The molecule has 0 radical (unpaired) electrons. The molecular weight excluding hydrogens is 358 g/mol. The molecule has 3 aromatic rings. The molecule has 1 unspecified atom stereocenters. The molecule has 2 aliphatic rings. The van der Waals surface area contributed by atoms with Gasteiger partial charge in [0.05, 0.1) is 24.8 Å². The summed E-state index contributed by atoms with van der Waals surface area (Å²) < 4.78 is 5.51. The van der Waals surface area contributed by atoms with E-state index < -0.39 is 0 Å². The standard InChI is InChI=1S/C25H25N3O/c1-27-16-22-14-23(28-8-10-29-11-9-28)6-7-24(22)25(17-27)21-5-4-19-12-18(15-26)2-3-20(19)13-21/h2-7,12-14,25H,8-11,16-17H2,1H3. The number of nitrogens with zero attached hydrogens (tertiary/aromatic N) is 3. The van der Waals surface area contributed by atoms with Crippen LogP contribution in [0, 0.1) is 11.3 Å². The third kappa shape index (κ3) is 3.48. The largest absolute Gasteiger partial charge is 0.378 e. The van der Waals surface area contributed by atoms with Crippen molar-refractivity contribution in [3.05, 3.63) is 76.9 Å². The molecule has 0 aromatic heterocycles. The zero-order valence-electron chi connectivity index (χ0n) is 16.8. The second kappa shape index (κ2) is 7.51. The van der Waals surface area contributed by atoms with Gasteiger partial charge in [-0.05, 0) is 58.8 Å². The van der Waals surface area contributed by atoms with E-state index in [9.17, 15) is 0 Å². The Morgan fingerprint density at radius 2 is 1.76 bits per heavy atom. The number of hydrogen-bond donors (Lipinski definition) is 0. The number of morpholine rings is 1. The highest BCUT2D eigenvalue weighted by Crippen LogP contribution is 2.36. The van der Waals surface area contributed by atoms with E-state index in [2.05, 4.69) is 65.4 Å². The van der Waals surface area contributed by atoms with E-state index in [1.807, 2.05) is 12.1 Å². The van der Waals surface area contributed by atoms with Crippen molar-refractivity contribution in [2.45, 2.75) is 12.5 Å². The molecule has 1 fully saturated rings. The van der Waals surface area contributed by atoms with Crippen molar-refractivity contribution in [2.75, 3.05) is 44.8 Å². The predicted molar refractivity (Wildman–Crippen MR) is 116 cm³/mol. The first-order chi connectivity index (χ1) is 14.2. The Morgan fingerprint density at radius 3 is 2.59 bits per heavy atom. The lowest BCUT2D eigenvalue weighted by Gasteiger charge is -2.35.